The van der Waals surface area contributed by atoms with E-state index in [1.807, 2.05) is 60.7 Å². The third-order valence-electron chi connectivity index (χ3n) is 3.89. The van der Waals surface area contributed by atoms with E-state index in [-0.39, 0.29) is 16.3 Å². The molecule has 0 atom stereocenters. The maximum absolute atomic E-state index is 12.7. The minimum Gasteiger partial charge on any atom is -0.281 e. The van der Waals surface area contributed by atoms with Gasteiger partial charge in [-0.15, -0.1) is 0 Å². The molecule has 0 saturated carbocycles. The van der Waals surface area contributed by atoms with E-state index < -0.39 is 10.8 Å². The van der Waals surface area contributed by atoms with Crippen LogP contribution in [0.4, 0.5) is 11.4 Å². The Morgan fingerprint density at radius 2 is 1.63 bits per heavy atom. The number of hydrogen-bond donors (Lipinski definition) is 1. The van der Waals surface area contributed by atoms with Crippen LogP contribution in [0.3, 0.4) is 0 Å². The van der Waals surface area contributed by atoms with Crippen molar-refractivity contribution in [3.63, 3.8) is 0 Å². The second kappa shape index (κ2) is 8.33. The van der Waals surface area contributed by atoms with Crippen molar-refractivity contribution in [3.05, 3.63) is 105 Å². The molecule has 0 fully saturated rings. The molecule has 0 unspecified atom stereocenters. The molecule has 0 aliphatic rings. The summed E-state index contributed by atoms with van der Waals surface area (Å²) < 4.78 is 0. The molecule has 136 valence electrons. The lowest BCUT2D eigenvalue weighted by Crippen LogP contribution is -2.42. The molecule has 1 N–H and O–H groups in total. The molecule has 0 aromatic heterocycles. The molecule has 1 amide bonds. The van der Waals surface area contributed by atoms with Crippen molar-refractivity contribution in [1.82, 2.24) is 5.43 Å². The monoisotopic (exact) mass is 381 g/mol. The van der Waals surface area contributed by atoms with Crippen molar-refractivity contribution >= 4 is 28.9 Å². The number of nitro groups is 1. The maximum Gasteiger partial charge on any atom is 0.288 e. The highest BCUT2D eigenvalue weighted by Crippen LogP contribution is 2.25. The molecular formula is C20H16ClN3O3. The number of para-hydroxylation sites is 1. The lowest BCUT2D eigenvalue weighted by Gasteiger charge is -2.25. The molecule has 7 heteroatoms. The van der Waals surface area contributed by atoms with Crippen molar-refractivity contribution in [2.75, 3.05) is 5.01 Å². The first kappa shape index (κ1) is 18.4. The smallest absolute Gasteiger partial charge is 0.281 e. The van der Waals surface area contributed by atoms with Crippen LogP contribution < -0.4 is 10.4 Å². The number of amides is 1. The van der Waals surface area contributed by atoms with Gasteiger partial charge in [-0.25, -0.2) is 0 Å². The third kappa shape index (κ3) is 4.62. The van der Waals surface area contributed by atoms with Gasteiger partial charge in [-0.1, -0.05) is 60.1 Å². The van der Waals surface area contributed by atoms with Crippen LogP contribution >= 0.6 is 11.6 Å². The highest BCUT2D eigenvalue weighted by Gasteiger charge is 2.18. The molecule has 0 saturated heterocycles. The van der Waals surface area contributed by atoms with E-state index in [0.717, 1.165) is 11.3 Å². The Morgan fingerprint density at radius 1 is 1.00 bits per heavy atom. The molecule has 0 radical (unpaired) electrons. The summed E-state index contributed by atoms with van der Waals surface area (Å²) in [6.45, 7) is 0.437. The van der Waals surface area contributed by atoms with Crippen LogP contribution in [0.1, 0.15) is 15.9 Å². The zero-order valence-corrected chi connectivity index (χ0v) is 15.0. The second-order valence-electron chi connectivity index (χ2n) is 5.77. The maximum atomic E-state index is 12.7. The number of benzene rings is 3. The number of nitro benzene ring substituents is 1. The molecule has 0 heterocycles. The number of carbonyl (C=O) groups excluding carboxylic acids is 1. The fraction of sp³-hybridized carbons (Fsp3) is 0.0500. The van der Waals surface area contributed by atoms with E-state index in [2.05, 4.69) is 5.43 Å². The molecule has 27 heavy (non-hydrogen) atoms. The number of nitrogens with zero attached hydrogens (tertiary/aromatic N) is 2. The van der Waals surface area contributed by atoms with E-state index in [0.29, 0.717) is 6.54 Å². The number of hydrogen-bond acceptors (Lipinski definition) is 4. The van der Waals surface area contributed by atoms with Gasteiger partial charge in [0.15, 0.2) is 0 Å². The minimum atomic E-state index is -0.613. The van der Waals surface area contributed by atoms with Gasteiger partial charge in [-0.05, 0) is 29.8 Å². The van der Waals surface area contributed by atoms with Gasteiger partial charge >= 0.3 is 0 Å². The number of rotatable bonds is 6. The molecule has 0 aliphatic heterocycles. The molecule has 0 aliphatic carbocycles. The van der Waals surface area contributed by atoms with E-state index in [4.69, 9.17) is 11.6 Å². The highest BCUT2D eigenvalue weighted by molar-refractivity contribution is 6.32. The molecule has 3 rings (SSSR count). The average Bonchev–Trinajstić information content (AvgIpc) is 2.69. The van der Waals surface area contributed by atoms with Crippen LogP contribution in [-0.2, 0) is 6.54 Å². The molecule has 3 aromatic carbocycles. The normalized spacial score (nSPS) is 10.3. The summed E-state index contributed by atoms with van der Waals surface area (Å²) in [5, 5.41) is 12.7. The van der Waals surface area contributed by atoms with Gasteiger partial charge in [-0.3, -0.25) is 25.3 Å². The summed E-state index contributed by atoms with van der Waals surface area (Å²) in [7, 11) is 0. The van der Waals surface area contributed by atoms with Gasteiger partial charge in [0.1, 0.15) is 5.02 Å². The van der Waals surface area contributed by atoms with E-state index in [1.165, 1.54) is 18.2 Å². The minimum absolute atomic E-state index is 0.0132. The fourth-order valence-electron chi connectivity index (χ4n) is 2.55. The third-order valence-corrected chi connectivity index (χ3v) is 4.21. The van der Waals surface area contributed by atoms with Gasteiger partial charge in [0.05, 0.1) is 17.2 Å². The van der Waals surface area contributed by atoms with Crippen LogP contribution in [0, 0.1) is 10.1 Å². The van der Waals surface area contributed by atoms with Crippen LogP contribution in [-0.4, -0.2) is 10.8 Å². The van der Waals surface area contributed by atoms with Gasteiger partial charge < -0.3 is 0 Å². The predicted octanol–water partition coefficient (Wildman–Crippen LogP) is 4.60. The van der Waals surface area contributed by atoms with Crippen molar-refractivity contribution in [2.24, 2.45) is 0 Å². The number of anilines is 1. The zero-order valence-electron chi connectivity index (χ0n) is 14.2. The first-order valence-electron chi connectivity index (χ1n) is 8.16. The van der Waals surface area contributed by atoms with E-state index in [1.54, 1.807) is 5.01 Å². The standard InChI is InChI=1S/C20H16ClN3O3/c21-18-12-11-16(13-19(18)24(26)27)20(25)22-23(17-9-5-2-6-10-17)14-15-7-3-1-4-8-15/h1-13H,14H2,(H,22,25). The van der Waals surface area contributed by atoms with E-state index in [9.17, 15) is 14.9 Å². The molecule has 0 spiro atoms. The van der Waals surface area contributed by atoms with Crippen LogP contribution in [0.25, 0.3) is 0 Å². The Morgan fingerprint density at radius 3 is 2.26 bits per heavy atom. The molecule has 0 bridgehead atoms. The largest absolute Gasteiger partial charge is 0.288 e. The summed E-state index contributed by atoms with van der Waals surface area (Å²) in [6, 6.07) is 23.0. The van der Waals surface area contributed by atoms with Gasteiger partial charge in [0.25, 0.3) is 11.6 Å². The predicted molar refractivity (Wildman–Crippen MR) is 105 cm³/mol. The van der Waals surface area contributed by atoms with Crippen LogP contribution in [0.15, 0.2) is 78.9 Å². The Kier molecular flexibility index (Phi) is 5.68. The lowest BCUT2D eigenvalue weighted by molar-refractivity contribution is -0.384. The Bertz CT molecular complexity index is 949. The quantitative estimate of drug-likeness (QED) is 0.500. The van der Waals surface area contributed by atoms with Crippen LogP contribution in [0.2, 0.25) is 5.02 Å². The highest BCUT2D eigenvalue weighted by atomic mass is 35.5. The van der Waals surface area contributed by atoms with E-state index >= 15 is 0 Å². The second-order valence-corrected chi connectivity index (χ2v) is 6.18. The summed E-state index contributed by atoms with van der Waals surface area (Å²) >= 11 is 5.82. The van der Waals surface area contributed by atoms with Crippen molar-refractivity contribution in [3.8, 4) is 0 Å². The fourth-order valence-corrected chi connectivity index (χ4v) is 2.74. The number of carbonyl (C=O) groups is 1. The Balaban J connectivity index is 1.86. The summed E-state index contributed by atoms with van der Waals surface area (Å²) in [6.07, 6.45) is 0. The summed E-state index contributed by atoms with van der Waals surface area (Å²) in [4.78, 5) is 23.1. The first-order chi connectivity index (χ1) is 13.0. The first-order valence-corrected chi connectivity index (χ1v) is 8.54. The topological polar surface area (TPSA) is 75.5 Å². The Hall–Kier alpha value is -3.38. The van der Waals surface area contributed by atoms with Gasteiger partial charge in [-0.2, -0.15) is 0 Å². The Labute approximate surface area is 161 Å². The van der Waals surface area contributed by atoms with Gasteiger partial charge in [0, 0.05) is 11.6 Å². The van der Waals surface area contributed by atoms with Crippen molar-refractivity contribution < 1.29 is 9.72 Å². The van der Waals surface area contributed by atoms with Crippen LogP contribution in [0.5, 0.6) is 0 Å². The number of hydrazine groups is 1. The lowest BCUT2D eigenvalue weighted by atomic mass is 10.2. The zero-order chi connectivity index (χ0) is 19.2. The number of nitrogens with one attached hydrogen (secondary N) is 1. The molecular weight excluding hydrogens is 366 g/mol. The summed E-state index contributed by atoms with van der Waals surface area (Å²) in [5.41, 5.74) is 4.45. The molecule has 3 aromatic rings. The summed E-state index contributed by atoms with van der Waals surface area (Å²) in [5.74, 6) is -0.463. The SMILES string of the molecule is O=C(NN(Cc1ccccc1)c1ccccc1)c1ccc(Cl)c([N+](=O)[O-])c1. The van der Waals surface area contributed by atoms with Crippen molar-refractivity contribution in [1.29, 1.82) is 0 Å². The average molecular weight is 382 g/mol. The number of halogens is 1. The van der Waals surface area contributed by atoms with Crippen molar-refractivity contribution in [2.45, 2.75) is 6.54 Å². The molecule has 6 nitrogen and oxygen atoms in total. The van der Waals surface area contributed by atoms with Gasteiger partial charge in [0.2, 0.25) is 0 Å².